The molecule has 0 saturated heterocycles. The van der Waals surface area contributed by atoms with Crippen molar-refractivity contribution in [1.29, 1.82) is 0 Å². The fourth-order valence-corrected chi connectivity index (χ4v) is 8.77. The summed E-state index contributed by atoms with van der Waals surface area (Å²) in [6, 6.07) is 51.2. The first-order valence-electron chi connectivity index (χ1n) is 14.6. The second-order valence-corrected chi connectivity index (χ2v) is 13.1. The first kappa shape index (κ1) is 25.2. The van der Waals surface area contributed by atoms with Gasteiger partial charge in [0.15, 0.2) is 0 Å². The van der Waals surface area contributed by atoms with Crippen LogP contribution in [0.3, 0.4) is 0 Å². The van der Waals surface area contributed by atoms with E-state index >= 15 is 0 Å². The second-order valence-electron chi connectivity index (χ2n) is 10.9. The average molecular weight is 628 g/mol. The Labute approximate surface area is 259 Å². The van der Waals surface area contributed by atoms with Gasteiger partial charge in [0.2, 0.25) is 0 Å². The number of fused-ring (bicyclic) bond motifs is 6. The van der Waals surface area contributed by atoms with Crippen LogP contribution in [-0.2, 0) is 0 Å². The molecule has 44 heavy (non-hydrogen) atoms. The number of rotatable bonds is 4. The van der Waals surface area contributed by atoms with E-state index in [-0.39, 0.29) is 14.5 Å². The molecule has 0 saturated carbocycles. The zero-order chi connectivity index (χ0) is 29.0. The summed E-state index contributed by atoms with van der Waals surface area (Å²) in [7, 11) is 0. The number of para-hydroxylation sites is 2. The van der Waals surface area contributed by atoms with E-state index < -0.39 is 0 Å². The van der Waals surface area contributed by atoms with Crippen molar-refractivity contribution < 1.29 is 0 Å². The van der Waals surface area contributed by atoms with Gasteiger partial charge in [-0.2, -0.15) is 0 Å². The third-order valence-corrected chi connectivity index (χ3v) is 10.8. The number of aromatic nitrogens is 4. The summed E-state index contributed by atoms with van der Waals surface area (Å²) >= 11 is 0.178. The van der Waals surface area contributed by atoms with Gasteiger partial charge in [-0.1, -0.05) is 6.07 Å². The summed E-state index contributed by atoms with van der Waals surface area (Å²) in [4.78, 5) is 15.3. The van der Waals surface area contributed by atoms with Crippen LogP contribution in [0.1, 0.15) is 0 Å². The van der Waals surface area contributed by atoms with E-state index in [9.17, 15) is 0 Å². The van der Waals surface area contributed by atoms with Crippen LogP contribution in [0.2, 0.25) is 0 Å². The predicted molar refractivity (Wildman–Crippen MR) is 182 cm³/mol. The Bertz CT molecular complexity index is 2490. The molecular weight excluding hydrogens is 603 g/mol. The molecule has 0 atom stereocenters. The molecule has 206 valence electrons. The van der Waals surface area contributed by atoms with Gasteiger partial charge in [-0.15, -0.1) is 0 Å². The van der Waals surface area contributed by atoms with Gasteiger partial charge < -0.3 is 0 Å². The summed E-state index contributed by atoms with van der Waals surface area (Å²) in [5.41, 5.74) is 6.43. The summed E-state index contributed by atoms with van der Waals surface area (Å²) in [6.07, 6.45) is 0. The van der Waals surface area contributed by atoms with E-state index in [4.69, 9.17) is 15.0 Å². The Morgan fingerprint density at radius 1 is 0.432 bits per heavy atom. The molecule has 0 amide bonds. The van der Waals surface area contributed by atoms with Crippen molar-refractivity contribution in [3.63, 3.8) is 0 Å². The molecule has 0 N–H and O–H groups in total. The molecule has 5 heteroatoms. The van der Waals surface area contributed by atoms with E-state index in [0.29, 0.717) is 17.5 Å². The van der Waals surface area contributed by atoms with Crippen molar-refractivity contribution in [2.75, 3.05) is 0 Å². The third kappa shape index (κ3) is 4.02. The molecule has 0 spiro atoms. The molecule has 6 aromatic carbocycles. The quantitative estimate of drug-likeness (QED) is 0.183. The topological polar surface area (TPSA) is 43.6 Å². The SMILES string of the molecule is c1ccc(-c2nc(-c3ccc4c5ccccc5n(-c5ccccc5)c4c3)nc(-c3cccc4c3[se]c3ccccc34)n2)cc1. The van der Waals surface area contributed by atoms with Gasteiger partial charge in [0.25, 0.3) is 0 Å². The molecule has 0 aliphatic carbocycles. The number of nitrogens with zero attached hydrogens (tertiary/aromatic N) is 4. The Balaban J connectivity index is 1.31. The predicted octanol–water partition coefficient (Wildman–Crippen LogP) is 9.33. The van der Waals surface area contributed by atoms with Crippen LogP contribution in [0, 0.1) is 0 Å². The van der Waals surface area contributed by atoms with Gasteiger partial charge >= 0.3 is 254 Å². The van der Waals surface area contributed by atoms with Gasteiger partial charge in [-0.05, 0) is 0 Å². The second kappa shape index (κ2) is 10.1. The van der Waals surface area contributed by atoms with Gasteiger partial charge in [-0.25, -0.2) is 0 Å². The Morgan fingerprint density at radius 3 is 1.91 bits per heavy atom. The normalized spacial score (nSPS) is 11.6. The molecule has 0 aliphatic rings. The molecule has 0 radical (unpaired) electrons. The molecule has 0 bridgehead atoms. The molecule has 9 rings (SSSR count). The van der Waals surface area contributed by atoms with Gasteiger partial charge in [0, 0.05) is 0 Å². The van der Waals surface area contributed by atoms with Gasteiger partial charge in [0.05, 0.1) is 0 Å². The van der Waals surface area contributed by atoms with Crippen LogP contribution >= 0.6 is 0 Å². The first-order valence-corrected chi connectivity index (χ1v) is 16.3. The van der Waals surface area contributed by atoms with E-state index in [0.717, 1.165) is 27.9 Å². The van der Waals surface area contributed by atoms with Crippen LogP contribution in [-0.4, -0.2) is 34.0 Å². The van der Waals surface area contributed by atoms with Crippen molar-refractivity contribution in [3.05, 3.63) is 146 Å². The van der Waals surface area contributed by atoms with E-state index in [1.807, 2.05) is 18.2 Å². The molecular formula is C39H24N4Se. The molecule has 0 fully saturated rings. The molecule has 3 aromatic heterocycles. The van der Waals surface area contributed by atoms with Crippen LogP contribution in [0.4, 0.5) is 0 Å². The van der Waals surface area contributed by atoms with Gasteiger partial charge in [-0.3, -0.25) is 0 Å². The Kier molecular flexibility index (Phi) is 5.80. The number of hydrogen-bond acceptors (Lipinski definition) is 3. The first-order chi connectivity index (χ1) is 21.8. The fourth-order valence-electron chi connectivity index (χ4n) is 6.23. The molecule has 9 aromatic rings. The van der Waals surface area contributed by atoms with Crippen molar-refractivity contribution in [3.8, 4) is 39.9 Å². The van der Waals surface area contributed by atoms with E-state index in [1.54, 1.807) is 0 Å². The zero-order valence-corrected chi connectivity index (χ0v) is 25.3. The Hall–Kier alpha value is -5.35. The fraction of sp³-hybridized carbons (Fsp3) is 0. The molecule has 0 aliphatic heterocycles. The standard InChI is InChI=1S/C39H24N4Se/c1-3-12-25(13-4-1)37-40-38(42-39(41-37)32-19-11-18-31-30-17-8-10-21-35(30)44-36(31)32)26-22-23-29-28-16-7-9-20-33(28)43(34(29)24-26)27-14-5-2-6-15-27/h1-24H. The van der Waals surface area contributed by atoms with Gasteiger partial charge in [0.1, 0.15) is 0 Å². The summed E-state index contributed by atoms with van der Waals surface area (Å²) < 4.78 is 5.06. The maximum absolute atomic E-state index is 5.18. The number of benzene rings is 6. The van der Waals surface area contributed by atoms with Crippen molar-refractivity contribution >= 4 is 55.6 Å². The van der Waals surface area contributed by atoms with Crippen LogP contribution in [0.5, 0.6) is 0 Å². The minimum atomic E-state index is 0.178. The van der Waals surface area contributed by atoms with E-state index in [1.165, 1.54) is 35.6 Å². The minimum absolute atomic E-state index is 0.178. The van der Waals surface area contributed by atoms with Crippen LogP contribution < -0.4 is 0 Å². The molecule has 4 nitrogen and oxygen atoms in total. The molecule has 0 unspecified atom stereocenters. The maximum atomic E-state index is 5.18. The Morgan fingerprint density at radius 2 is 1.07 bits per heavy atom. The summed E-state index contributed by atoms with van der Waals surface area (Å²) in [5.74, 6) is 2.06. The van der Waals surface area contributed by atoms with E-state index in [2.05, 4.69) is 132 Å². The average Bonchev–Trinajstić information content (AvgIpc) is 3.64. The summed E-state index contributed by atoms with van der Waals surface area (Å²) in [6.45, 7) is 0. The third-order valence-electron chi connectivity index (χ3n) is 8.26. The van der Waals surface area contributed by atoms with Crippen molar-refractivity contribution in [2.24, 2.45) is 0 Å². The monoisotopic (exact) mass is 628 g/mol. The molecule has 3 heterocycles. The summed E-state index contributed by atoms with van der Waals surface area (Å²) in [5, 5.41) is 5.03. The van der Waals surface area contributed by atoms with Crippen LogP contribution in [0.15, 0.2) is 146 Å². The van der Waals surface area contributed by atoms with Crippen LogP contribution in [0.25, 0.3) is 80.9 Å². The van der Waals surface area contributed by atoms with Crippen molar-refractivity contribution in [2.45, 2.75) is 0 Å². The van der Waals surface area contributed by atoms with Crippen molar-refractivity contribution in [1.82, 2.24) is 19.5 Å². The zero-order valence-electron chi connectivity index (χ0n) is 23.6. The number of hydrogen-bond donors (Lipinski definition) is 0.